The summed E-state index contributed by atoms with van der Waals surface area (Å²) in [4.78, 5) is 16.1. The largest absolute Gasteiger partial charge is 0.366 e. The van der Waals surface area contributed by atoms with Gasteiger partial charge >= 0.3 is 6.03 Å². The fourth-order valence-corrected chi connectivity index (χ4v) is 2.96. The summed E-state index contributed by atoms with van der Waals surface area (Å²) >= 11 is 12.5. The number of urea groups is 1. The number of para-hydroxylation sites is 1. The summed E-state index contributed by atoms with van der Waals surface area (Å²) in [5.41, 5.74) is 0.636. The van der Waals surface area contributed by atoms with Crippen LogP contribution in [-0.4, -0.2) is 42.6 Å². The van der Waals surface area contributed by atoms with Crippen molar-refractivity contribution >= 4 is 34.9 Å². The fourth-order valence-electron chi connectivity index (χ4n) is 2.32. The van der Waals surface area contributed by atoms with Gasteiger partial charge < -0.3 is 15.1 Å². The van der Waals surface area contributed by atoms with Crippen molar-refractivity contribution in [1.82, 2.24) is 10.2 Å². The summed E-state index contributed by atoms with van der Waals surface area (Å²) in [6.07, 6.45) is 0. The van der Waals surface area contributed by atoms with Gasteiger partial charge in [0.15, 0.2) is 0 Å². The van der Waals surface area contributed by atoms with Gasteiger partial charge in [-0.3, -0.25) is 0 Å². The molecule has 4 nitrogen and oxygen atoms in total. The van der Waals surface area contributed by atoms with Crippen LogP contribution < -0.4 is 10.2 Å². The zero-order chi connectivity index (χ0) is 15.6. The molecule has 1 aliphatic rings. The first kappa shape index (κ1) is 16.2. The molecule has 6 heteroatoms. The smallest absolute Gasteiger partial charge is 0.317 e. The number of hydrogen-bond acceptors (Lipinski definition) is 2. The molecule has 1 N–H and O–H groups in total. The van der Waals surface area contributed by atoms with Crippen LogP contribution in [0, 0.1) is 0 Å². The molecule has 1 aliphatic heterocycles. The van der Waals surface area contributed by atoms with Crippen molar-refractivity contribution in [3.63, 3.8) is 0 Å². The highest BCUT2D eigenvalue weighted by Gasteiger charge is 2.25. The number of nitrogens with one attached hydrogen (secondary N) is 1. The highest BCUT2D eigenvalue weighted by atomic mass is 35.5. The number of piperazine rings is 1. The highest BCUT2D eigenvalue weighted by molar-refractivity contribution is 6.39. The lowest BCUT2D eigenvalue weighted by Crippen LogP contribution is -2.55. The molecular weight excluding hydrogens is 309 g/mol. The van der Waals surface area contributed by atoms with Gasteiger partial charge in [-0.15, -0.1) is 0 Å². The molecule has 0 unspecified atom stereocenters. The maximum absolute atomic E-state index is 12.1. The predicted molar refractivity (Wildman–Crippen MR) is 88.5 cm³/mol. The minimum absolute atomic E-state index is 0.0209. The number of rotatable bonds is 1. The van der Waals surface area contributed by atoms with E-state index in [4.69, 9.17) is 23.2 Å². The molecule has 1 aromatic carbocycles. The second kappa shape index (κ2) is 6.32. The molecule has 1 saturated heterocycles. The number of hydrogen-bond donors (Lipinski definition) is 1. The molecule has 0 aliphatic carbocycles. The predicted octanol–water partition coefficient (Wildman–Crippen LogP) is 3.62. The Kier molecular flexibility index (Phi) is 4.89. The SMILES string of the molecule is CC(C)(C)NC(=O)N1CCN(c2c(Cl)cccc2Cl)CC1. The number of nitrogens with zero attached hydrogens (tertiary/aromatic N) is 2. The van der Waals surface area contributed by atoms with Crippen LogP contribution in [0.25, 0.3) is 0 Å². The molecule has 0 bridgehead atoms. The fraction of sp³-hybridized carbons (Fsp3) is 0.533. The van der Waals surface area contributed by atoms with Gasteiger partial charge in [-0.2, -0.15) is 0 Å². The standard InChI is InChI=1S/C15H21Cl2N3O/c1-15(2,3)18-14(21)20-9-7-19(8-10-20)13-11(16)5-4-6-12(13)17/h4-6H,7-10H2,1-3H3,(H,18,21). The van der Waals surface area contributed by atoms with Crippen molar-refractivity contribution in [2.45, 2.75) is 26.3 Å². The number of carbonyl (C=O) groups is 1. The van der Waals surface area contributed by atoms with E-state index in [-0.39, 0.29) is 11.6 Å². The number of halogens is 2. The molecule has 116 valence electrons. The average Bonchev–Trinajstić information content (AvgIpc) is 2.37. The van der Waals surface area contributed by atoms with Gasteiger partial charge in [-0.05, 0) is 32.9 Å². The average molecular weight is 330 g/mol. The van der Waals surface area contributed by atoms with Gasteiger partial charge in [0.1, 0.15) is 0 Å². The molecule has 1 fully saturated rings. The number of benzene rings is 1. The molecule has 0 aromatic heterocycles. The summed E-state index contributed by atoms with van der Waals surface area (Å²) in [6, 6.07) is 5.48. The van der Waals surface area contributed by atoms with Crippen LogP contribution in [0.4, 0.5) is 10.5 Å². The molecule has 2 rings (SSSR count). The summed E-state index contributed by atoms with van der Waals surface area (Å²) in [6.45, 7) is 8.69. The molecule has 0 radical (unpaired) electrons. The third kappa shape index (κ3) is 4.17. The van der Waals surface area contributed by atoms with Crippen LogP contribution in [-0.2, 0) is 0 Å². The van der Waals surface area contributed by atoms with E-state index in [1.54, 1.807) is 0 Å². The quantitative estimate of drug-likeness (QED) is 0.854. The van der Waals surface area contributed by atoms with Crippen molar-refractivity contribution in [1.29, 1.82) is 0 Å². The van der Waals surface area contributed by atoms with E-state index in [2.05, 4.69) is 10.2 Å². The number of anilines is 1. The molecule has 1 heterocycles. The Morgan fingerprint density at radius 2 is 1.62 bits per heavy atom. The zero-order valence-electron chi connectivity index (χ0n) is 12.6. The third-order valence-electron chi connectivity index (χ3n) is 3.30. The number of carbonyl (C=O) groups excluding carboxylic acids is 1. The van der Waals surface area contributed by atoms with Crippen LogP contribution in [0.1, 0.15) is 20.8 Å². The minimum Gasteiger partial charge on any atom is -0.366 e. The minimum atomic E-state index is -0.222. The molecule has 2 amide bonds. The van der Waals surface area contributed by atoms with Crippen LogP contribution in [0.2, 0.25) is 10.0 Å². The lowest BCUT2D eigenvalue weighted by Gasteiger charge is -2.38. The van der Waals surface area contributed by atoms with Gasteiger partial charge in [-0.1, -0.05) is 29.3 Å². The summed E-state index contributed by atoms with van der Waals surface area (Å²) < 4.78 is 0. The van der Waals surface area contributed by atoms with E-state index in [9.17, 15) is 4.79 Å². The van der Waals surface area contributed by atoms with E-state index in [1.807, 2.05) is 43.9 Å². The van der Waals surface area contributed by atoms with Crippen molar-refractivity contribution < 1.29 is 4.79 Å². The van der Waals surface area contributed by atoms with Crippen molar-refractivity contribution in [3.8, 4) is 0 Å². The Labute approximate surface area is 136 Å². The Balaban J connectivity index is 1.99. The zero-order valence-corrected chi connectivity index (χ0v) is 14.1. The van der Waals surface area contributed by atoms with E-state index in [0.717, 1.165) is 18.8 Å². The van der Waals surface area contributed by atoms with E-state index in [1.165, 1.54) is 0 Å². The normalized spacial score (nSPS) is 16.0. The van der Waals surface area contributed by atoms with E-state index < -0.39 is 0 Å². The topological polar surface area (TPSA) is 35.6 Å². The van der Waals surface area contributed by atoms with Gasteiger partial charge in [0.25, 0.3) is 0 Å². The van der Waals surface area contributed by atoms with Crippen LogP contribution in [0.15, 0.2) is 18.2 Å². The van der Waals surface area contributed by atoms with Crippen molar-refractivity contribution in [2.75, 3.05) is 31.1 Å². The van der Waals surface area contributed by atoms with E-state index >= 15 is 0 Å². The van der Waals surface area contributed by atoms with Gasteiger partial charge in [0, 0.05) is 31.7 Å². The van der Waals surface area contributed by atoms with Crippen molar-refractivity contribution in [2.24, 2.45) is 0 Å². The summed E-state index contributed by atoms with van der Waals surface area (Å²) in [7, 11) is 0. The first-order chi connectivity index (χ1) is 9.78. The lowest BCUT2D eigenvalue weighted by molar-refractivity contribution is 0.185. The molecule has 21 heavy (non-hydrogen) atoms. The third-order valence-corrected chi connectivity index (χ3v) is 3.91. The summed E-state index contributed by atoms with van der Waals surface area (Å²) in [5.74, 6) is 0. The second-order valence-electron chi connectivity index (χ2n) is 6.22. The molecule has 0 spiro atoms. The second-order valence-corrected chi connectivity index (χ2v) is 7.04. The first-order valence-electron chi connectivity index (χ1n) is 7.04. The molecule has 0 atom stereocenters. The summed E-state index contributed by atoms with van der Waals surface area (Å²) in [5, 5.41) is 4.28. The number of amides is 2. The van der Waals surface area contributed by atoms with Crippen LogP contribution >= 0.6 is 23.2 Å². The maximum Gasteiger partial charge on any atom is 0.317 e. The van der Waals surface area contributed by atoms with Crippen LogP contribution in [0.5, 0.6) is 0 Å². The Bertz CT molecular complexity index is 500. The maximum atomic E-state index is 12.1. The van der Waals surface area contributed by atoms with Gasteiger partial charge in [-0.25, -0.2) is 4.79 Å². The highest BCUT2D eigenvalue weighted by Crippen LogP contribution is 2.33. The van der Waals surface area contributed by atoms with Crippen molar-refractivity contribution in [3.05, 3.63) is 28.2 Å². The monoisotopic (exact) mass is 329 g/mol. The molecule has 1 aromatic rings. The Morgan fingerprint density at radius 1 is 1.10 bits per heavy atom. The van der Waals surface area contributed by atoms with Gasteiger partial charge in [0.05, 0.1) is 15.7 Å². The molecule has 0 saturated carbocycles. The lowest BCUT2D eigenvalue weighted by atomic mass is 10.1. The Morgan fingerprint density at radius 3 is 2.10 bits per heavy atom. The van der Waals surface area contributed by atoms with E-state index in [0.29, 0.717) is 23.1 Å². The van der Waals surface area contributed by atoms with Crippen LogP contribution in [0.3, 0.4) is 0 Å². The molecular formula is C15H21Cl2N3O. The van der Waals surface area contributed by atoms with Gasteiger partial charge in [0.2, 0.25) is 0 Å². The first-order valence-corrected chi connectivity index (χ1v) is 7.79. The Hall–Kier alpha value is -1.13.